The number of likely N-dealkylation sites (tertiary alicyclic amines) is 1. The Bertz CT molecular complexity index is 464. The summed E-state index contributed by atoms with van der Waals surface area (Å²) >= 11 is 0. The highest BCUT2D eigenvalue weighted by Crippen LogP contribution is 2.34. The molecule has 0 radical (unpaired) electrons. The van der Waals surface area contributed by atoms with Crippen molar-refractivity contribution in [3.8, 4) is 0 Å². The Labute approximate surface area is 120 Å². The van der Waals surface area contributed by atoms with Crippen LogP contribution in [0.15, 0.2) is 16.5 Å². The zero-order valence-corrected chi connectivity index (χ0v) is 12.7. The third kappa shape index (κ3) is 3.23. The van der Waals surface area contributed by atoms with Gasteiger partial charge in [-0.1, -0.05) is 6.92 Å². The molecule has 20 heavy (non-hydrogen) atoms. The first-order valence-corrected chi connectivity index (χ1v) is 7.46. The standard InChI is InChI=1S/C16H25NO3/c1-4-13-7-8-14(20-13)11-17-9-5-6-12(10-17)16(2,3)15(18)19/h7-8,12H,4-6,9-11H2,1-3H3,(H,18,19). The van der Waals surface area contributed by atoms with Crippen LogP contribution in [0.2, 0.25) is 0 Å². The van der Waals surface area contributed by atoms with Crippen molar-refractivity contribution in [1.82, 2.24) is 4.90 Å². The summed E-state index contributed by atoms with van der Waals surface area (Å²) in [7, 11) is 0. The Balaban J connectivity index is 1.98. The van der Waals surface area contributed by atoms with Gasteiger partial charge in [-0.25, -0.2) is 0 Å². The summed E-state index contributed by atoms with van der Waals surface area (Å²) < 4.78 is 5.75. The van der Waals surface area contributed by atoms with Gasteiger partial charge >= 0.3 is 5.97 Å². The van der Waals surface area contributed by atoms with Crippen LogP contribution in [0.25, 0.3) is 0 Å². The molecule has 1 saturated heterocycles. The Morgan fingerprint density at radius 2 is 2.15 bits per heavy atom. The van der Waals surface area contributed by atoms with Gasteiger partial charge in [-0.2, -0.15) is 0 Å². The highest BCUT2D eigenvalue weighted by atomic mass is 16.4. The summed E-state index contributed by atoms with van der Waals surface area (Å²) in [5.74, 6) is 1.50. The summed E-state index contributed by atoms with van der Waals surface area (Å²) in [6, 6.07) is 4.06. The topological polar surface area (TPSA) is 53.7 Å². The molecule has 0 saturated carbocycles. The fraction of sp³-hybridized carbons (Fsp3) is 0.688. The summed E-state index contributed by atoms with van der Waals surface area (Å²) in [5.41, 5.74) is -0.656. The number of carboxylic acids is 1. The second-order valence-corrected chi connectivity index (χ2v) is 6.32. The molecule has 1 aromatic rings. The van der Waals surface area contributed by atoms with Crippen molar-refractivity contribution < 1.29 is 14.3 Å². The van der Waals surface area contributed by atoms with E-state index in [0.717, 1.165) is 50.4 Å². The first-order valence-electron chi connectivity index (χ1n) is 7.46. The molecule has 1 aromatic heterocycles. The van der Waals surface area contributed by atoms with Gasteiger partial charge in [-0.15, -0.1) is 0 Å². The van der Waals surface area contributed by atoms with Gasteiger partial charge < -0.3 is 9.52 Å². The predicted molar refractivity (Wildman–Crippen MR) is 77.5 cm³/mol. The molecule has 1 N–H and O–H groups in total. The van der Waals surface area contributed by atoms with Crippen LogP contribution in [0.4, 0.5) is 0 Å². The summed E-state index contributed by atoms with van der Waals surface area (Å²) in [6.07, 6.45) is 2.96. The molecule has 1 aliphatic heterocycles. The number of aryl methyl sites for hydroxylation is 1. The van der Waals surface area contributed by atoms with E-state index in [0.29, 0.717) is 0 Å². The van der Waals surface area contributed by atoms with Crippen LogP contribution >= 0.6 is 0 Å². The summed E-state index contributed by atoms with van der Waals surface area (Å²) in [5, 5.41) is 9.37. The van der Waals surface area contributed by atoms with Crippen molar-refractivity contribution in [3.63, 3.8) is 0 Å². The SMILES string of the molecule is CCc1ccc(CN2CCCC(C(C)(C)C(=O)O)C2)o1. The smallest absolute Gasteiger partial charge is 0.309 e. The van der Waals surface area contributed by atoms with E-state index in [2.05, 4.69) is 11.8 Å². The number of nitrogens with zero attached hydrogens (tertiary/aromatic N) is 1. The van der Waals surface area contributed by atoms with E-state index in [1.54, 1.807) is 0 Å². The maximum Gasteiger partial charge on any atom is 0.309 e. The fourth-order valence-electron chi connectivity index (χ4n) is 2.88. The molecule has 4 heteroatoms. The second-order valence-electron chi connectivity index (χ2n) is 6.32. The van der Waals surface area contributed by atoms with Gasteiger partial charge in [-0.05, 0) is 51.3 Å². The average molecular weight is 279 g/mol. The molecule has 0 aliphatic carbocycles. The van der Waals surface area contributed by atoms with Crippen LogP contribution in [-0.4, -0.2) is 29.1 Å². The number of hydrogen-bond donors (Lipinski definition) is 1. The van der Waals surface area contributed by atoms with Crippen molar-refractivity contribution in [3.05, 3.63) is 23.7 Å². The molecular formula is C16H25NO3. The van der Waals surface area contributed by atoms with Gasteiger partial charge in [0.05, 0.1) is 12.0 Å². The van der Waals surface area contributed by atoms with Crippen molar-refractivity contribution in [2.45, 2.75) is 46.6 Å². The van der Waals surface area contributed by atoms with E-state index >= 15 is 0 Å². The average Bonchev–Trinajstić information content (AvgIpc) is 2.86. The number of piperidine rings is 1. The van der Waals surface area contributed by atoms with Gasteiger partial charge in [0, 0.05) is 13.0 Å². The largest absolute Gasteiger partial charge is 0.481 e. The normalized spacial score (nSPS) is 21.1. The fourth-order valence-corrected chi connectivity index (χ4v) is 2.88. The number of aliphatic carboxylic acids is 1. The predicted octanol–water partition coefficient (Wildman–Crippen LogP) is 3.16. The van der Waals surface area contributed by atoms with Crippen molar-refractivity contribution >= 4 is 5.97 Å². The number of carboxylic acid groups (broad SMARTS) is 1. The molecular weight excluding hydrogens is 254 g/mol. The number of carbonyl (C=O) groups is 1. The van der Waals surface area contributed by atoms with Crippen LogP contribution in [0.5, 0.6) is 0 Å². The zero-order chi connectivity index (χ0) is 14.8. The molecule has 112 valence electrons. The zero-order valence-electron chi connectivity index (χ0n) is 12.7. The number of hydrogen-bond acceptors (Lipinski definition) is 3. The molecule has 0 bridgehead atoms. The van der Waals surface area contributed by atoms with Gasteiger partial charge in [0.15, 0.2) is 0 Å². The lowest BCUT2D eigenvalue weighted by molar-refractivity contribution is -0.151. The van der Waals surface area contributed by atoms with E-state index in [1.807, 2.05) is 26.0 Å². The van der Waals surface area contributed by atoms with Gasteiger partial charge in [0.1, 0.15) is 11.5 Å². The van der Waals surface area contributed by atoms with Crippen LogP contribution < -0.4 is 0 Å². The Hall–Kier alpha value is -1.29. The molecule has 1 atom stereocenters. The molecule has 2 heterocycles. The highest BCUT2D eigenvalue weighted by Gasteiger charge is 2.39. The van der Waals surface area contributed by atoms with Crippen LogP contribution in [-0.2, 0) is 17.8 Å². The Morgan fingerprint density at radius 3 is 2.75 bits per heavy atom. The first-order chi connectivity index (χ1) is 9.43. The van der Waals surface area contributed by atoms with Crippen LogP contribution in [0.1, 0.15) is 45.1 Å². The molecule has 0 aromatic carbocycles. The maximum atomic E-state index is 11.4. The van der Waals surface area contributed by atoms with E-state index in [4.69, 9.17) is 4.42 Å². The quantitative estimate of drug-likeness (QED) is 0.899. The van der Waals surface area contributed by atoms with E-state index < -0.39 is 11.4 Å². The summed E-state index contributed by atoms with van der Waals surface area (Å²) in [4.78, 5) is 13.7. The first kappa shape index (κ1) is 15.1. The lowest BCUT2D eigenvalue weighted by atomic mass is 9.74. The van der Waals surface area contributed by atoms with Crippen molar-refractivity contribution in [2.75, 3.05) is 13.1 Å². The minimum atomic E-state index is -0.699. The minimum absolute atomic E-state index is 0.203. The molecule has 1 aliphatic rings. The van der Waals surface area contributed by atoms with E-state index in [1.165, 1.54) is 0 Å². The monoisotopic (exact) mass is 279 g/mol. The van der Waals surface area contributed by atoms with Crippen molar-refractivity contribution in [2.24, 2.45) is 11.3 Å². The third-order valence-corrected chi connectivity index (χ3v) is 4.52. The molecule has 0 spiro atoms. The van der Waals surface area contributed by atoms with Crippen LogP contribution in [0.3, 0.4) is 0 Å². The van der Waals surface area contributed by atoms with Gasteiger partial charge in [0.2, 0.25) is 0 Å². The van der Waals surface area contributed by atoms with Gasteiger partial charge in [0.25, 0.3) is 0 Å². The molecule has 1 fully saturated rings. The number of rotatable bonds is 5. The van der Waals surface area contributed by atoms with Crippen molar-refractivity contribution in [1.29, 1.82) is 0 Å². The summed E-state index contributed by atoms with van der Waals surface area (Å²) in [6.45, 7) is 8.40. The molecule has 0 amide bonds. The molecule has 4 nitrogen and oxygen atoms in total. The maximum absolute atomic E-state index is 11.4. The Kier molecular flexibility index (Phi) is 4.53. The Morgan fingerprint density at radius 1 is 1.45 bits per heavy atom. The molecule has 1 unspecified atom stereocenters. The number of furan rings is 1. The van der Waals surface area contributed by atoms with Gasteiger partial charge in [-0.3, -0.25) is 9.69 Å². The second kappa shape index (κ2) is 6.00. The lowest BCUT2D eigenvalue weighted by Crippen LogP contribution is -2.44. The molecule has 2 rings (SSSR count). The van der Waals surface area contributed by atoms with E-state index in [-0.39, 0.29) is 5.92 Å². The minimum Gasteiger partial charge on any atom is -0.481 e. The highest BCUT2D eigenvalue weighted by molar-refractivity contribution is 5.74. The third-order valence-electron chi connectivity index (χ3n) is 4.52. The lowest BCUT2D eigenvalue weighted by Gasteiger charge is -2.38. The van der Waals surface area contributed by atoms with E-state index in [9.17, 15) is 9.90 Å². The van der Waals surface area contributed by atoms with Crippen LogP contribution in [0, 0.1) is 11.3 Å².